The highest BCUT2D eigenvalue weighted by atomic mass is 16.2. The van der Waals surface area contributed by atoms with E-state index in [0.29, 0.717) is 13.0 Å². The molecule has 1 saturated heterocycles. The Bertz CT molecular complexity index is 510. The van der Waals surface area contributed by atoms with Gasteiger partial charge in [-0.15, -0.1) is 0 Å². The number of hydrogen-bond donors (Lipinski definition) is 1. The smallest absolute Gasteiger partial charge is 0.222 e. The van der Waals surface area contributed by atoms with Gasteiger partial charge in [0, 0.05) is 44.8 Å². The molecule has 0 atom stereocenters. The summed E-state index contributed by atoms with van der Waals surface area (Å²) in [5.41, 5.74) is 2.16. The van der Waals surface area contributed by atoms with Gasteiger partial charge in [-0.05, 0) is 24.5 Å². The largest absolute Gasteiger partial charge is 0.388 e. The van der Waals surface area contributed by atoms with E-state index in [9.17, 15) is 9.59 Å². The molecule has 0 unspecified atom stereocenters. The van der Waals surface area contributed by atoms with Crippen LogP contribution in [0.15, 0.2) is 24.3 Å². The van der Waals surface area contributed by atoms with Crippen molar-refractivity contribution >= 4 is 18.0 Å². The topological polar surface area (TPSA) is 52.7 Å². The molecule has 5 heteroatoms. The fraction of sp³-hybridized carbons (Fsp3) is 0.529. The maximum absolute atomic E-state index is 11.7. The van der Waals surface area contributed by atoms with Gasteiger partial charge in [-0.25, -0.2) is 0 Å². The Labute approximate surface area is 132 Å². The zero-order chi connectivity index (χ0) is 15.9. The van der Waals surface area contributed by atoms with Crippen LogP contribution in [0.25, 0.3) is 0 Å². The number of likely N-dealkylation sites (tertiary alicyclic amines) is 1. The number of benzene rings is 1. The summed E-state index contributed by atoms with van der Waals surface area (Å²) in [7, 11) is 1.89. The number of nitrogens with one attached hydrogen (secondary N) is 1. The number of para-hydroxylation sites is 1. The summed E-state index contributed by atoms with van der Waals surface area (Å²) < 4.78 is 0. The SMILES string of the molecule is CCC(=O)N1CCC(N(C=O)Cc2ccccc2NC)CC1. The van der Waals surface area contributed by atoms with Gasteiger partial charge in [0.2, 0.25) is 12.3 Å². The van der Waals surface area contributed by atoms with Crippen molar-refractivity contribution in [2.24, 2.45) is 0 Å². The Hall–Kier alpha value is -2.04. The van der Waals surface area contributed by atoms with Gasteiger partial charge in [0.1, 0.15) is 0 Å². The summed E-state index contributed by atoms with van der Waals surface area (Å²) in [6.07, 6.45) is 3.20. The minimum atomic E-state index is 0.205. The van der Waals surface area contributed by atoms with Gasteiger partial charge in [-0.3, -0.25) is 9.59 Å². The monoisotopic (exact) mass is 303 g/mol. The molecular formula is C17H25N3O2. The molecule has 1 N–H and O–H groups in total. The van der Waals surface area contributed by atoms with Gasteiger partial charge in [0.15, 0.2) is 0 Å². The number of carbonyl (C=O) groups is 2. The van der Waals surface area contributed by atoms with Crippen molar-refractivity contribution < 1.29 is 9.59 Å². The van der Waals surface area contributed by atoms with Gasteiger partial charge in [0.05, 0.1) is 0 Å². The van der Waals surface area contributed by atoms with Crippen LogP contribution < -0.4 is 5.32 Å². The summed E-state index contributed by atoms with van der Waals surface area (Å²) in [6, 6.07) is 8.24. The molecule has 5 nitrogen and oxygen atoms in total. The quantitative estimate of drug-likeness (QED) is 0.819. The first-order valence-corrected chi connectivity index (χ1v) is 7.94. The molecule has 1 fully saturated rings. The zero-order valence-electron chi connectivity index (χ0n) is 13.4. The lowest BCUT2D eigenvalue weighted by atomic mass is 10.0. The van der Waals surface area contributed by atoms with Crippen molar-refractivity contribution in [3.63, 3.8) is 0 Å². The predicted octanol–water partition coefficient (Wildman–Crippen LogP) is 2.09. The minimum Gasteiger partial charge on any atom is -0.388 e. The van der Waals surface area contributed by atoms with E-state index in [1.165, 1.54) is 0 Å². The highest BCUT2D eigenvalue weighted by molar-refractivity contribution is 5.75. The van der Waals surface area contributed by atoms with Crippen LogP contribution in [0.1, 0.15) is 31.7 Å². The predicted molar refractivity (Wildman–Crippen MR) is 87.5 cm³/mol. The van der Waals surface area contributed by atoms with Crippen molar-refractivity contribution in [1.29, 1.82) is 0 Å². The highest BCUT2D eigenvalue weighted by Gasteiger charge is 2.25. The van der Waals surface area contributed by atoms with Crippen LogP contribution in [0, 0.1) is 0 Å². The normalized spacial score (nSPS) is 15.5. The van der Waals surface area contributed by atoms with Crippen molar-refractivity contribution in [3.05, 3.63) is 29.8 Å². The lowest BCUT2D eigenvalue weighted by Crippen LogP contribution is -2.46. The van der Waals surface area contributed by atoms with Gasteiger partial charge >= 0.3 is 0 Å². The third-order valence-electron chi connectivity index (χ3n) is 4.36. The van der Waals surface area contributed by atoms with Crippen molar-refractivity contribution in [2.75, 3.05) is 25.5 Å². The van der Waals surface area contributed by atoms with Crippen LogP contribution in [0.2, 0.25) is 0 Å². The van der Waals surface area contributed by atoms with E-state index in [1.54, 1.807) is 0 Å². The third kappa shape index (κ3) is 3.78. The standard InChI is InChI=1S/C17H25N3O2/c1-3-17(22)19-10-8-15(9-11-19)20(13-21)12-14-6-4-5-7-16(14)18-2/h4-7,13,15,18H,3,8-12H2,1-2H3. The molecule has 1 aromatic rings. The van der Waals surface area contributed by atoms with E-state index in [1.807, 2.05) is 48.0 Å². The lowest BCUT2D eigenvalue weighted by Gasteiger charge is -2.37. The van der Waals surface area contributed by atoms with Crippen LogP contribution in [-0.4, -0.2) is 48.3 Å². The fourth-order valence-electron chi connectivity index (χ4n) is 3.02. The molecule has 1 aliphatic heterocycles. The highest BCUT2D eigenvalue weighted by Crippen LogP contribution is 2.21. The number of nitrogens with zero attached hydrogens (tertiary/aromatic N) is 2. The maximum Gasteiger partial charge on any atom is 0.222 e. The Morgan fingerprint density at radius 1 is 1.36 bits per heavy atom. The average Bonchev–Trinajstić information content (AvgIpc) is 2.59. The summed E-state index contributed by atoms with van der Waals surface area (Å²) >= 11 is 0. The molecule has 2 rings (SSSR count). The maximum atomic E-state index is 11.7. The third-order valence-corrected chi connectivity index (χ3v) is 4.36. The van der Waals surface area contributed by atoms with E-state index >= 15 is 0 Å². The van der Waals surface area contributed by atoms with E-state index in [2.05, 4.69) is 5.32 Å². The van der Waals surface area contributed by atoms with Crippen LogP contribution >= 0.6 is 0 Å². The first-order chi connectivity index (χ1) is 10.7. The number of hydrogen-bond acceptors (Lipinski definition) is 3. The minimum absolute atomic E-state index is 0.205. The molecule has 0 aliphatic carbocycles. The number of piperidine rings is 1. The first-order valence-electron chi connectivity index (χ1n) is 7.94. The molecule has 22 heavy (non-hydrogen) atoms. The molecular weight excluding hydrogens is 278 g/mol. The van der Waals surface area contributed by atoms with Gasteiger partial charge in [-0.1, -0.05) is 25.1 Å². The van der Waals surface area contributed by atoms with E-state index in [-0.39, 0.29) is 11.9 Å². The molecule has 2 amide bonds. The molecule has 0 radical (unpaired) electrons. The molecule has 0 aromatic heterocycles. The number of anilines is 1. The summed E-state index contributed by atoms with van der Waals surface area (Å²) in [5, 5.41) is 3.16. The van der Waals surface area contributed by atoms with E-state index in [4.69, 9.17) is 0 Å². The van der Waals surface area contributed by atoms with E-state index in [0.717, 1.165) is 43.6 Å². The Kier molecular flexibility index (Phi) is 5.81. The average molecular weight is 303 g/mol. The van der Waals surface area contributed by atoms with Crippen molar-refractivity contribution in [3.8, 4) is 0 Å². The molecule has 120 valence electrons. The Morgan fingerprint density at radius 3 is 2.64 bits per heavy atom. The van der Waals surface area contributed by atoms with Gasteiger partial charge < -0.3 is 15.1 Å². The number of rotatable bonds is 6. The second-order valence-electron chi connectivity index (χ2n) is 5.65. The molecule has 1 aromatic carbocycles. The Balaban J connectivity index is 1.98. The summed E-state index contributed by atoms with van der Waals surface area (Å²) in [5.74, 6) is 0.205. The number of carbonyl (C=O) groups excluding carboxylic acids is 2. The van der Waals surface area contributed by atoms with Gasteiger partial charge in [-0.2, -0.15) is 0 Å². The molecule has 0 spiro atoms. The van der Waals surface area contributed by atoms with Gasteiger partial charge in [0.25, 0.3) is 0 Å². The molecule has 1 aliphatic rings. The lowest BCUT2D eigenvalue weighted by molar-refractivity contribution is -0.133. The zero-order valence-corrected chi connectivity index (χ0v) is 13.4. The summed E-state index contributed by atoms with van der Waals surface area (Å²) in [6.45, 7) is 3.98. The van der Waals surface area contributed by atoms with E-state index < -0.39 is 0 Å². The second-order valence-corrected chi connectivity index (χ2v) is 5.65. The molecule has 1 heterocycles. The van der Waals surface area contributed by atoms with Crippen LogP contribution in [0.4, 0.5) is 5.69 Å². The molecule has 0 bridgehead atoms. The van der Waals surface area contributed by atoms with Crippen molar-refractivity contribution in [1.82, 2.24) is 9.80 Å². The second kappa shape index (κ2) is 7.82. The van der Waals surface area contributed by atoms with Crippen LogP contribution in [-0.2, 0) is 16.1 Å². The van der Waals surface area contributed by atoms with Crippen molar-refractivity contribution in [2.45, 2.75) is 38.8 Å². The number of amides is 2. The Morgan fingerprint density at radius 2 is 2.05 bits per heavy atom. The van der Waals surface area contributed by atoms with Crippen LogP contribution in [0.3, 0.4) is 0 Å². The fourth-order valence-corrected chi connectivity index (χ4v) is 3.02. The molecule has 0 saturated carbocycles. The van der Waals surface area contributed by atoms with Crippen LogP contribution in [0.5, 0.6) is 0 Å². The summed E-state index contributed by atoms with van der Waals surface area (Å²) in [4.78, 5) is 27.0. The first kappa shape index (κ1) is 16.3.